The Kier molecular flexibility index (Phi) is 11.4. The van der Waals surface area contributed by atoms with Crippen LogP contribution in [0.1, 0.15) is 48.7 Å². The Morgan fingerprint density at radius 3 is 2.48 bits per heavy atom. The first-order chi connectivity index (χ1) is 19.2. The molecule has 1 fully saturated rings. The van der Waals surface area contributed by atoms with E-state index in [0.717, 1.165) is 4.57 Å². The molecule has 0 spiro atoms. The highest BCUT2D eigenvalue weighted by atomic mass is 16.5. The molecule has 4 N–H and O–H groups in total. The van der Waals surface area contributed by atoms with Crippen LogP contribution in [0.5, 0.6) is 5.75 Å². The Labute approximate surface area is 230 Å². The van der Waals surface area contributed by atoms with E-state index in [1.165, 1.54) is 30.5 Å². The minimum Gasteiger partial charge on any atom is -0.507 e. The molecule has 0 aliphatic carbocycles. The number of nitrogens with zero attached hydrogens (tertiary/aromatic N) is 2. The summed E-state index contributed by atoms with van der Waals surface area (Å²) in [6.07, 6.45) is 1.04. The van der Waals surface area contributed by atoms with Crippen molar-refractivity contribution in [3.8, 4) is 5.75 Å². The zero-order valence-electron chi connectivity index (χ0n) is 21.8. The third kappa shape index (κ3) is 8.21. The van der Waals surface area contributed by atoms with E-state index < -0.39 is 47.9 Å². The maximum absolute atomic E-state index is 12.5. The molecule has 4 atom stereocenters. The van der Waals surface area contributed by atoms with Crippen LogP contribution in [0.2, 0.25) is 0 Å². The molecule has 40 heavy (non-hydrogen) atoms. The van der Waals surface area contributed by atoms with Gasteiger partial charge in [0.25, 0.3) is 0 Å². The number of para-hydroxylation sites is 1. The van der Waals surface area contributed by atoms with Crippen molar-refractivity contribution in [2.45, 2.75) is 50.5 Å². The molecule has 1 amide bonds. The third-order valence-electron chi connectivity index (χ3n) is 6.20. The normalized spacial score (nSPS) is 20.1. The van der Waals surface area contributed by atoms with E-state index >= 15 is 0 Å². The maximum Gasteiger partial charge on any atom is 0.351 e. The molecular formula is C27H33N3O10. The van der Waals surface area contributed by atoms with Crippen LogP contribution in [0.25, 0.3) is 0 Å². The molecular weight excluding hydrogens is 526 g/mol. The molecule has 2 heterocycles. The van der Waals surface area contributed by atoms with Gasteiger partial charge in [0.1, 0.15) is 23.2 Å². The van der Waals surface area contributed by atoms with Crippen molar-refractivity contribution in [3.05, 3.63) is 65.2 Å². The van der Waals surface area contributed by atoms with E-state index in [4.69, 9.17) is 14.2 Å². The lowest BCUT2D eigenvalue weighted by Gasteiger charge is -2.17. The van der Waals surface area contributed by atoms with Crippen molar-refractivity contribution in [2.24, 2.45) is 5.92 Å². The lowest BCUT2D eigenvalue weighted by molar-refractivity contribution is -0.144. The molecule has 0 saturated carbocycles. The molecule has 0 bridgehead atoms. The highest BCUT2D eigenvalue weighted by Gasteiger charge is 2.43. The van der Waals surface area contributed by atoms with Crippen molar-refractivity contribution in [3.63, 3.8) is 0 Å². The monoisotopic (exact) mass is 559 g/mol. The largest absolute Gasteiger partial charge is 0.507 e. The molecule has 1 aromatic carbocycles. The minimum atomic E-state index is -1.11. The number of ether oxygens (including phenoxy) is 3. The number of aliphatic hydroxyl groups excluding tert-OH is 2. The van der Waals surface area contributed by atoms with E-state index in [0.29, 0.717) is 12.8 Å². The number of phenols is 1. The number of carbonyl (C=O) groups excluding carboxylic acids is 3. The Hall–Kier alpha value is -4.07. The maximum atomic E-state index is 12.5. The van der Waals surface area contributed by atoms with E-state index in [1.807, 2.05) is 0 Å². The molecule has 4 unspecified atom stereocenters. The number of esters is 2. The van der Waals surface area contributed by atoms with Crippen molar-refractivity contribution >= 4 is 23.7 Å². The van der Waals surface area contributed by atoms with Crippen LogP contribution in [0.15, 0.2) is 54.0 Å². The fraction of sp³-hybridized carbons (Fsp3) is 0.444. The first-order valence-corrected chi connectivity index (χ1v) is 12.8. The van der Waals surface area contributed by atoms with Crippen molar-refractivity contribution in [1.29, 1.82) is 0 Å². The number of hydrogen-bond acceptors (Lipinski definition) is 11. The van der Waals surface area contributed by atoms with Gasteiger partial charge in [-0.1, -0.05) is 18.2 Å². The van der Waals surface area contributed by atoms with Crippen LogP contribution in [0.4, 0.5) is 5.82 Å². The van der Waals surface area contributed by atoms with Gasteiger partial charge in [0, 0.05) is 25.0 Å². The van der Waals surface area contributed by atoms with Gasteiger partial charge in [-0.2, -0.15) is 4.98 Å². The standard InChI is InChI=1S/C27H33N3O10/c1-2-17-20(16-31)40-25(24(17)35)30-13-12-21(29-27(30)37)28-22(33)10-7-11-23(34)38-14-5-6-15-39-26(36)18-8-3-4-9-19(18)32/h2-4,8-9,12-13,17,20,24-25,31-32,35H,1,5-7,10-11,14-16H2,(H,28,29,33,37). The van der Waals surface area contributed by atoms with Crippen molar-refractivity contribution in [1.82, 2.24) is 9.55 Å². The highest BCUT2D eigenvalue weighted by molar-refractivity contribution is 5.92. The summed E-state index contributed by atoms with van der Waals surface area (Å²) in [6, 6.07) is 7.43. The van der Waals surface area contributed by atoms with E-state index in [9.17, 15) is 34.5 Å². The van der Waals surface area contributed by atoms with Gasteiger partial charge in [0.05, 0.1) is 25.9 Å². The Bertz CT molecular complexity index is 1250. The fourth-order valence-electron chi connectivity index (χ4n) is 4.07. The summed E-state index contributed by atoms with van der Waals surface area (Å²) in [5, 5.41) is 32.0. The number of nitrogens with one attached hydrogen (secondary N) is 1. The molecule has 1 saturated heterocycles. The molecule has 1 aliphatic heterocycles. The van der Waals surface area contributed by atoms with Gasteiger partial charge >= 0.3 is 17.6 Å². The number of aromatic hydroxyl groups is 1. The molecule has 216 valence electrons. The lowest BCUT2D eigenvalue weighted by atomic mass is 9.99. The van der Waals surface area contributed by atoms with E-state index in [-0.39, 0.29) is 56.2 Å². The second kappa shape index (κ2) is 14.9. The summed E-state index contributed by atoms with van der Waals surface area (Å²) in [7, 11) is 0. The number of phenolic OH excluding ortho intramolecular Hbond substituents is 1. The minimum absolute atomic E-state index is 0.00321. The Morgan fingerprint density at radius 2 is 1.82 bits per heavy atom. The first-order valence-electron chi connectivity index (χ1n) is 12.8. The number of carbonyl (C=O) groups is 3. The summed E-state index contributed by atoms with van der Waals surface area (Å²) in [6.45, 7) is 3.50. The zero-order valence-corrected chi connectivity index (χ0v) is 21.8. The number of aromatic nitrogens is 2. The summed E-state index contributed by atoms with van der Waals surface area (Å²) in [4.78, 5) is 52.2. The molecule has 2 aromatic rings. The molecule has 13 nitrogen and oxygen atoms in total. The predicted molar refractivity (Wildman–Crippen MR) is 140 cm³/mol. The zero-order chi connectivity index (χ0) is 29.1. The number of anilines is 1. The number of rotatable bonds is 14. The van der Waals surface area contributed by atoms with Crippen LogP contribution in [0.3, 0.4) is 0 Å². The summed E-state index contributed by atoms with van der Waals surface area (Å²) in [5.41, 5.74) is -0.685. The number of aliphatic hydroxyl groups is 2. The Morgan fingerprint density at radius 1 is 1.10 bits per heavy atom. The smallest absolute Gasteiger partial charge is 0.351 e. The third-order valence-corrected chi connectivity index (χ3v) is 6.20. The molecule has 1 aliphatic rings. The average molecular weight is 560 g/mol. The first kappa shape index (κ1) is 30.5. The molecule has 0 radical (unpaired) electrons. The van der Waals surface area contributed by atoms with Gasteiger partial charge in [0.2, 0.25) is 5.91 Å². The molecule has 1 aromatic heterocycles. The number of unbranched alkanes of at least 4 members (excludes halogenated alkanes) is 1. The second-order valence-electron chi connectivity index (χ2n) is 9.04. The molecule has 13 heteroatoms. The van der Waals surface area contributed by atoms with Crippen molar-refractivity contribution in [2.75, 3.05) is 25.1 Å². The fourth-order valence-corrected chi connectivity index (χ4v) is 4.07. The van der Waals surface area contributed by atoms with Crippen LogP contribution in [-0.2, 0) is 23.8 Å². The quantitative estimate of drug-likeness (QED) is 0.148. The topological polar surface area (TPSA) is 187 Å². The Balaban J connectivity index is 1.31. The van der Waals surface area contributed by atoms with Gasteiger partial charge < -0.3 is 34.8 Å². The number of hydrogen-bond donors (Lipinski definition) is 4. The van der Waals surface area contributed by atoms with Gasteiger partial charge in [-0.05, 0) is 37.5 Å². The summed E-state index contributed by atoms with van der Waals surface area (Å²) >= 11 is 0. The van der Waals surface area contributed by atoms with Gasteiger partial charge in [0.15, 0.2) is 6.23 Å². The average Bonchev–Trinajstić information content (AvgIpc) is 3.25. The molecule has 3 rings (SSSR count). The lowest BCUT2D eigenvalue weighted by Crippen LogP contribution is -2.33. The van der Waals surface area contributed by atoms with Crippen LogP contribution in [-0.4, -0.2) is 74.7 Å². The summed E-state index contributed by atoms with van der Waals surface area (Å²) in [5.74, 6) is -2.28. The van der Waals surface area contributed by atoms with E-state index in [2.05, 4.69) is 16.9 Å². The van der Waals surface area contributed by atoms with Crippen molar-refractivity contribution < 1.29 is 43.9 Å². The SMILES string of the molecule is C=CC1C(CO)OC(n2ccc(NC(=O)CCCC(=O)OCCCCOC(=O)c3ccccc3O)nc2=O)C1O. The second-order valence-corrected chi connectivity index (χ2v) is 9.04. The van der Waals surface area contributed by atoms with E-state index in [1.54, 1.807) is 12.1 Å². The van der Waals surface area contributed by atoms with Gasteiger partial charge in [-0.25, -0.2) is 9.59 Å². The predicted octanol–water partition coefficient (Wildman–Crippen LogP) is 1.29. The van der Waals surface area contributed by atoms with Gasteiger partial charge in [-0.15, -0.1) is 6.58 Å². The number of benzene rings is 1. The van der Waals surface area contributed by atoms with Crippen LogP contribution < -0.4 is 11.0 Å². The highest BCUT2D eigenvalue weighted by Crippen LogP contribution is 2.33. The number of amides is 1. The summed E-state index contributed by atoms with van der Waals surface area (Å²) < 4.78 is 16.8. The van der Waals surface area contributed by atoms with Gasteiger partial charge in [-0.3, -0.25) is 14.2 Å². The van der Waals surface area contributed by atoms with Crippen LogP contribution in [0, 0.1) is 5.92 Å². The van der Waals surface area contributed by atoms with Crippen LogP contribution >= 0.6 is 0 Å².